The molecule has 14 heteroatoms. The molecule has 4 rings (SSSR count). The zero-order chi connectivity index (χ0) is 33.3. The number of halogens is 2. The van der Waals surface area contributed by atoms with Crippen molar-refractivity contribution in [3.63, 3.8) is 0 Å². The Morgan fingerprint density at radius 3 is 2.30 bits per heavy atom. The summed E-state index contributed by atoms with van der Waals surface area (Å²) in [5.41, 5.74) is 2.42. The quantitative estimate of drug-likeness (QED) is 0.113. The third kappa shape index (κ3) is 9.71. The van der Waals surface area contributed by atoms with E-state index in [4.69, 9.17) is 23.2 Å². The van der Waals surface area contributed by atoms with Gasteiger partial charge in [0.2, 0.25) is 21.7 Å². The number of thiophene rings is 1. The second-order valence-electron chi connectivity index (χ2n) is 10.1. The molecular formula is C32H30Cl2N4O6S2. The van der Waals surface area contributed by atoms with E-state index >= 15 is 0 Å². The molecule has 0 aliphatic carbocycles. The predicted molar refractivity (Wildman–Crippen MR) is 178 cm³/mol. The average Bonchev–Trinajstić information content (AvgIpc) is 3.55. The summed E-state index contributed by atoms with van der Waals surface area (Å²) in [7, 11) is -3.91. The highest BCUT2D eigenvalue weighted by Gasteiger charge is 2.28. The van der Waals surface area contributed by atoms with Crippen LogP contribution >= 0.6 is 34.5 Å². The Morgan fingerprint density at radius 2 is 1.57 bits per heavy atom. The van der Waals surface area contributed by atoms with Gasteiger partial charge in [0, 0.05) is 42.9 Å². The molecule has 0 bridgehead atoms. The highest BCUT2D eigenvalue weighted by molar-refractivity contribution is 7.91. The number of carbonyl (C=O) groups excluding carboxylic acids is 4. The first kappa shape index (κ1) is 34.8. The molecule has 3 aromatic carbocycles. The van der Waals surface area contributed by atoms with E-state index in [0.29, 0.717) is 12.1 Å². The van der Waals surface area contributed by atoms with Crippen molar-refractivity contribution in [2.75, 3.05) is 13.1 Å². The van der Waals surface area contributed by atoms with E-state index in [1.165, 1.54) is 31.2 Å². The maximum atomic E-state index is 13.2. The molecule has 10 nitrogen and oxygen atoms in total. The van der Waals surface area contributed by atoms with Crippen LogP contribution in [0.4, 0.5) is 0 Å². The maximum Gasteiger partial charge on any atom is 0.289 e. The number of nitrogens with one attached hydrogen (secondary N) is 4. The fourth-order valence-corrected chi connectivity index (χ4v) is 7.08. The summed E-state index contributed by atoms with van der Waals surface area (Å²) in [4.78, 5) is 50.9. The van der Waals surface area contributed by atoms with Crippen molar-refractivity contribution in [1.29, 1.82) is 0 Å². The lowest BCUT2D eigenvalue weighted by molar-refractivity contribution is -0.138. The van der Waals surface area contributed by atoms with Crippen LogP contribution < -0.4 is 20.7 Å². The van der Waals surface area contributed by atoms with Crippen LogP contribution in [0.5, 0.6) is 0 Å². The second-order valence-corrected chi connectivity index (χ2v) is 14.0. The van der Waals surface area contributed by atoms with E-state index in [-0.39, 0.29) is 45.2 Å². The van der Waals surface area contributed by atoms with E-state index in [0.717, 1.165) is 27.3 Å². The predicted octanol–water partition coefficient (Wildman–Crippen LogP) is 4.36. The minimum atomic E-state index is -3.91. The third-order valence-corrected chi connectivity index (χ3v) is 10.3. The first-order valence-electron chi connectivity index (χ1n) is 14.0. The number of carbonyl (C=O) groups is 4. The van der Waals surface area contributed by atoms with Crippen molar-refractivity contribution < 1.29 is 27.6 Å². The molecule has 3 amide bonds. The van der Waals surface area contributed by atoms with Gasteiger partial charge >= 0.3 is 0 Å². The number of hydrogen-bond acceptors (Lipinski definition) is 7. The van der Waals surface area contributed by atoms with E-state index in [1.807, 2.05) is 24.3 Å². The third-order valence-electron chi connectivity index (χ3n) is 6.60. The highest BCUT2D eigenvalue weighted by Crippen LogP contribution is 2.31. The lowest BCUT2D eigenvalue weighted by Gasteiger charge is -2.18. The molecule has 0 radical (unpaired) electrons. The fourth-order valence-electron chi connectivity index (χ4n) is 4.33. The second kappa shape index (κ2) is 16.0. The molecule has 46 heavy (non-hydrogen) atoms. The van der Waals surface area contributed by atoms with Crippen LogP contribution in [0, 0.1) is 0 Å². The fraction of sp³-hybridized carbons (Fsp3) is 0.188. The Bertz CT molecular complexity index is 1850. The van der Waals surface area contributed by atoms with E-state index in [2.05, 4.69) is 20.7 Å². The molecule has 0 unspecified atom stereocenters. The normalized spacial score (nSPS) is 11.8. The van der Waals surface area contributed by atoms with E-state index < -0.39 is 33.7 Å². The summed E-state index contributed by atoms with van der Waals surface area (Å²) in [6, 6.07) is 22.5. The molecule has 4 aromatic rings. The molecule has 0 saturated heterocycles. The lowest BCUT2D eigenvalue weighted by atomic mass is 10.0. The number of benzene rings is 3. The number of amides is 3. The molecular weight excluding hydrogens is 671 g/mol. The van der Waals surface area contributed by atoms with Crippen LogP contribution in [0.2, 0.25) is 10.0 Å². The Hall–Kier alpha value is -4.07. The van der Waals surface area contributed by atoms with Crippen LogP contribution in [0.25, 0.3) is 10.4 Å². The van der Waals surface area contributed by atoms with Gasteiger partial charge in [-0.05, 0) is 53.1 Å². The van der Waals surface area contributed by atoms with Gasteiger partial charge < -0.3 is 16.0 Å². The smallest absolute Gasteiger partial charge is 0.289 e. The van der Waals surface area contributed by atoms with Crippen molar-refractivity contribution in [3.8, 4) is 10.4 Å². The Balaban J connectivity index is 1.35. The Morgan fingerprint density at radius 1 is 0.826 bits per heavy atom. The number of ketones is 1. The van der Waals surface area contributed by atoms with Gasteiger partial charge in [-0.3, -0.25) is 19.2 Å². The molecule has 0 aliphatic heterocycles. The summed E-state index contributed by atoms with van der Waals surface area (Å²) in [6.07, 6.45) is 0.0283. The summed E-state index contributed by atoms with van der Waals surface area (Å²) >= 11 is 13.2. The summed E-state index contributed by atoms with van der Waals surface area (Å²) in [5.74, 6) is -2.74. The van der Waals surface area contributed by atoms with Gasteiger partial charge in [0.15, 0.2) is 0 Å². The zero-order valence-electron chi connectivity index (χ0n) is 24.5. The van der Waals surface area contributed by atoms with Crippen LogP contribution in [0.3, 0.4) is 0 Å². The molecule has 240 valence electrons. The Labute approximate surface area is 280 Å². The number of sulfonamides is 1. The van der Waals surface area contributed by atoms with Crippen LogP contribution in [-0.2, 0) is 37.4 Å². The zero-order valence-corrected chi connectivity index (χ0v) is 27.7. The van der Waals surface area contributed by atoms with Crippen molar-refractivity contribution in [2.45, 2.75) is 30.1 Å². The number of rotatable bonds is 14. The van der Waals surface area contributed by atoms with Crippen LogP contribution in [0.15, 0.2) is 89.1 Å². The van der Waals surface area contributed by atoms with Gasteiger partial charge in [-0.2, -0.15) is 0 Å². The molecule has 0 spiro atoms. The standard InChI is InChI=1S/C32H30Cl2N4O6S2/c1-20(39)36-19-22-8-5-9-23(16-22)28-12-13-29(45-28)46(43,44)37-15-14-35-32(42)30(40)27(17-21-6-3-2-4-7-21)38-31(41)25-18-24(33)10-11-26(25)34/h2-13,16,18,27,37H,14-15,17,19H2,1H3,(H,35,42)(H,36,39)(H,38,41)/t27-/m0/s1. The number of Topliss-reactive ketones (excluding diaryl/α,β-unsaturated/α-hetero) is 1. The largest absolute Gasteiger partial charge is 0.352 e. The Kier molecular flexibility index (Phi) is 12.1. The molecule has 1 heterocycles. The van der Waals surface area contributed by atoms with Gasteiger partial charge in [-0.1, -0.05) is 71.7 Å². The van der Waals surface area contributed by atoms with Gasteiger partial charge in [0.1, 0.15) is 10.3 Å². The molecule has 4 N–H and O–H groups in total. The van der Waals surface area contributed by atoms with E-state index in [1.54, 1.807) is 36.4 Å². The molecule has 0 fully saturated rings. The maximum absolute atomic E-state index is 13.2. The molecule has 1 aromatic heterocycles. The van der Waals surface area contributed by atoms with Gasteiger partial charge in [-0.15, -0.1) is 11.3 Å². The monoisotopic (exact) mass is 700 g/mol. The van der Waals surface area contributed by atoms with Crippen molar-refractivity contribution in [2.24, 2.45) is 0 Å². The van der Waals surface area contributed by atoms with Crippen molar-refractivity contribution in [1.82, 2.24) is 20.7 Å². The topological polar surface area (TPSA) is 151 Å². The average molecular weight is 702 g/mol. The van der Waals surface area contributed by atoms with Crippen LogP contribution in [-0.4, -0.2) is 51.1 Å². The first-order valence-corrected chi connectivity index (χ1v) is 17.0. The summed E-state index contributed by atoms with van der Waals surface area (Å²) in [5, 5.41) is 8.12. The highest BCUT2D eigenvalue weighted by atomic mass is 35.5. The van der Waals surface area contributed by atoms with E-state index in [9.17, 15) is 27.6 Å². The SMILES string of the molecule is CC(=O)NCc1cccc(-c2ccc(S(=O)(=O)NCCNC(=O)C(=O)[C@H](Cc3ccccc3)NC(=O)c3cc(Cl)ccc3Cl)s2)c1. The van der Waals surface area contributed by atoms with Crippen LogP contribution in [0.1, 0.15) is 28.4 Å². The minimum absolute atomic E-state index is 0.0283. The summed E-state index contributed by atoms with van der Waals surface area (Å²) < 4.78 is 28.3. The van der Waals surface area contributed by atoms with Gasteiger partial charge in [0.05, 0.1) is 10.6 Å². The molecule has 0 aliphatic rings. The van der Waals surface area contributed by atoms with Crippen molar-refractivity contribution >= 4 is 68.1 Å². The van der Waals surface area contributed by atoms with Crippen molar-refractivity contribution in [3.05, 3.63) is 112 Å². The van der Waals surface area contributed by atoms with Gasteiger partial charge in [-0.25, -0.2) is 13.1 Å². The molecule has 1 atom stereocenters. The summed E-state index contributed by atoms with van der Waals surface area (Å²) in [6.45, 7) is 1.42. The molecule has 0 saturated carbocycles. The first-order chi connectivity index (χ1) is 21.9. The lowest BCUT2D eigenvalue weighted by Crippen LogP contribution is -2.49. The van der Waals surface area contributed by atoms with Gasteiger partial charge in [0.25, 0.3) is 11.8 Å². The number of hydrogen-bond donors (Lipinski definition) is 4. The minimum Gasteiger partial charge on any atom is -0.352 e.